The zero-order valence-electron chi connectivity index (χ0n) is 11.9. The van der Waals surface area contributed by atoms with Crippen LogP contribution in [0.3, 0.4) is 0 Å². The summed E-state index contributed by atoms with van der Waals surface area (Å²) in [5.41, 5.74) is 6.77. The summed E-state index contributed by atoms with van der Waals surface area (Å²) in [6.07, 6.45) is 3.61. The fraction of sp³-hybridized carbons (Fsp3) is 0.533. The van der Waals surface area contributed by atoms with Crippen LogP contribution in [-0.4, -0.2) is 28.8 Å². The molecule has 1 saturated carbocycles. The van der Waals surface area contributed by atoms with Crippen LogP contribution < -0.4 is 11.1 Å². The van der Waals surface area contributed by atoms with E-state index in [0.717, 1.165) is 37.8 Å². The van der Waals surface area contributed by atoms with Crippen LogP contribution in [0, 0.1) is 11.7 Å². The number of oxime groups is 1. The minimum absolute atomic E-state index is 0.0907. The first-order chi connectivity index (χ1) is 10.1. The quantitative estimate of drug-likeness (QED) is 0.287. The molecule has 0 atom stereocenters. The Labute approximate surface area is 123 Å². The summed E-state index contributed by atoms with van der Waals surface area (Å²) in [5.74, 6) is 0.0508. The molecule has 5 N–H and O–H groups in total. The van der Waals surface area contributed by atoms with E-state index in [2.05, 4.69) is 10.5 Å². The van der Waals surface area contributed by atoms with Crippen LogP contribution in [0.25, 0.3) is 0 Å². The smallest absolute Gasteiger partial charge is 0.170 e. The Morgan fingerprint density at radius 1 is 1.33 bits per heavy atom. The van der Waals surface area contributed by atoms with Gasteiger partial charge in [0.2, 0.25) is 0 Å². The van der Waals surface area contributed by atoms with Gasteiger partial charge >= 0.3 is 0 Å². The van der Waals surface area contributed by atoms with Crippen LogP contribution in [0.2, 0.25) is 0 Å². The van der Waals surface area contributed by atoms with E-state index >= 15 is 0 Å². The molecule has 1 aromatic carbocycles. The SMILES string of the molecule is N/C(=N/O)c1cc(F)ccc1CNCC1CCC(O)CC1. The van der Waals surface area contributed by atoms with Crippen LogP contribution in [0.5, 0.6) is 0 Å². The first-order valence-corrected chi connectivity index (χ1v) is 7.25. The van der Waals surface area contributed by atoms with E-state index in [1.165, 1.54) is 12.1 Å². The van der Waals surface area contributed by atoms with Crippen LogP contribution in [0.15, 0.2) is 23.4 Å². The number of hydrogen-bond acceptors (Lipinski definition) is 4. The van der Waals surface area contributed by atoms with Crippen molar-refractivity contribution in [3.8, 4) is 0 Å². The van der Waals surface area contributed by atoms with E-state index in [9.17, 15) is 9.50 Å². The van der Waals surface area contributed by atoms with Gasteiger partial charge in [0.1, 0.15) is 5.82 Å². The van der Waals surface area contributed by atoms with Crippen LogP contribution in [0.1, 0.15) is 36.8 Å². The van der Waals surface area contributed by atoms with E-state index < -0.39 is 5.82 Å². The summed E-state index contributed by atoms with van der Waals surface area (Å²) in [5, 5.41) is 24.5. The average molecular weight is 295 g/mol. The van der Waals surface area contributed by atoms with E-state index in [1.54, 1.807) is 6.07 Å². The molecule has 0 spiro atoms. The minimum Gasteiger partial charge on any atom is -0.409 e. The summed E-state index contributed by atoms with van der Waals surface area (Å²) in [7, 11) is 0. The molecule has 2 rings (SSSR count). The zero-order valence-corrected chi connectivity index (χ0v) is 11.9. The van der Waals surface area contributed by atoms with E-state index in [1.807, 2.05) is 0 Å². The number of hydrogen-bond donors (Lipinski definition) is 4. The van der Waals surface area contributed by atoms with Gasteiger partial charge in [0.15, 0.2) is 5.84 Å². The molecule has 0 amide bonds. The summed E-state index contributed by atoms with van der Waals surface area (Å²) in [6, 6.07) is 4.27. The predicted molar refractivity (Wildman–Crippen MR) is 78.6 cm³/mol. The summed E-state index contributed by atoms with van der Waals surface area (Å²) in [4.78, 5) is 0. The molecule has 1 fully saturated rings. The lowest BCUT2D eigenvalue weighted by Crippen LogP contribution is -2.28. The van der Waals surface area contributed by atoms with Crippen molar-refractivity contribution in [2.45, 2.75) is 38.3 Å². The van der Waals surface area contributed by atoms with E-state index in [4.69, 9.17) is 10.9 Å². The Kier molecular flexibility index (Phi) is 5.52. The van der Waals surface area contributed by atoms with Gasteiger partial charge in [-0.3, -0.25) is 0 Å². The van der Waals surface area contributed by atoms with Gasteiger partial charge in [-0.05, 0) is 55.8 Å². The Bertz CT molecular complexity index is 500. The molecule has 6 heteroatoms. The first-order valence-electron chi connectivity index (χ1n) is 7.25. The number of nitrogens with two attached hydrogens (primary N) is 1. The third-order valence-electron chi connectivity index (χ3n) is 4.02. The van der Waals surface area contributed by atoms with Crippen molar-refractivity contribution in [2.75, 3.05) is 6.54 Å². The topological polar surface area (TPSA) is 90.9 Å². The second kappa shape index (κ2) is 7.38. The third kappa shape index (κ3) is 4.41. The van der Waals surface area contributed by atoms with Crippen molar-refractivity contribution in [1.29, 1.82) is 0 Å². The largest absolute Gasteiger partial charge is 0.409 e. The maximum Gasteiger partial charge on any atom is 0.170 e. The van der Waals surface area contributed by atoms with Gasteiger partial charge < -0.3 is 21.4 Å². The van der Waals surface area contributed by atoms with Gasteiger partial charge in [-0.15, -0.1) is 0 Å². The normalized spacial score (nSPS) is 23.2. The second-order valence-corrected chi connectivity index (χ2v) is 5.59. The standard InChI is InChI=1S/C15H22FN3O2/c16-12-4-3-11(14(7-12)15(17)19-21)9-18-8-10-1-5-13(20)6-2-10/h3-4,7,10,13,18,20-21H,1-2,5-6,8-9H2,(H2,17,19). The third-order valence-corrected chi connectivity index (χ3v) is 4.02. The molecule has 1 aromatic rings. The monoisotopic (exact) mass is 295 g/mol. The van der Waals surface area contributed by atoms with Crippen molar-refractivity contribution >= 4 is 5.84 Å². The molecule has 0 bridgehead atoms. The summed E-state index contributed by atoms with van der Waals surface area (Å²) in [6.45, 7) is 1.38. The number of aliphatic hydroxyl groups excluding tert-OH is 1. The van der Waals surface area contributed by atoms with Crippen molar-refractivity contribution in [3.05, 3.63) is 35.1 Å². The summed E-state index contributed by atoms with van der Waals surface area (Å²) < 4.78 is 13.3. The molecule has 0 heterocycles. The molecule has 0 unspecified atom stereocenters. The Hall–Kier alpha value is -1.66. The number of aliphatic hydroxyl groups is 1. The van der Waals surface area contributed by atoms with Crippen molar-refractivity contribution in [3.63, 3.8) is 0 Å². The van der Waals surface area contributed by atoms with E-state index in [0.29, 0.717) is 18.0 Å². The highest BCUT2D eigenvalue weighted by molar-refractivity contribution is 5.98. The second-order valence-electron chi connectivity index (χ2n) is 5.59. The van der Waals surface area contributed by atoms with Gasteiger partial charge in [0, 0.05) is 12.1 Å². The van der Waals surface area contributed by atoms with Crippen molar-refractivity contribution in [2.24, 2.45) is 16.8 Å². The van der Waals surface area contributed by atoms with Crippen LogP contribution in [0.4, 0.5) is 4.39 Å². The molecule has 0 radical (unpaired) electrons. The molecule has 21 heavy (non-hydrogen) atoms. The van der Waals surface area contributed by atoms with Gasteiger partial charge in [0.25, 0.3) is 0 Å². The average Bonchev–Trinajstić information content (AvgIpc) is 2.50. The number of benzene rings is 1. The Morgan fingerprint density at radius 2 is 2.05 bits per heavy atom. The van der Waals surface area contributed by atoms with E-state index in [-0.39, 0.29) is 11.9 Å². The molecule has 0 aromatic heterocycles. The fourth-order valence-electron chi connectivity index (χ4n) is 2.76. The number of nitrogens with one attached hydrogen (secondary N) is 1. The molecule has 1 aliphatic carbocycles. The molecule has 5 nitrogen and oxygen atoms in total. The lowest BCUT2D eigenvalue weighted by atomic mass is 9.87. The maximum absolute atomic E-state index is 13.3. The van der Waals surface area contributed by atoms with Gasteiger partial charge in [-0.1, -0.05) is 11.2 Å². The molecule has 116 valence electrons. The van der Waals surface area contributed by atoms with Crippen molar-refractivity contribution < 1.29 is 14.7 Å². The predicted octanol–water partition coefficient (Wildman–Crippen LogP) is 1.56. The Morgan fingerprint density at radius 3 is 2.71 bits per heavy atom. The minimum atomic E-state index is -0.415. The number of amidine groups is 1. The zero-order chi connectivity index (χ0) is 15.2. The van der Waals surface area contributed by atoms with Gasteiger partial charge in [-0.2, -0.15) is 0 Å². The highest BCUT2D eigenvalue weighted by atomic mass is 19.1. The van der Waals surface area contributed by atoms with Crippen LogP contribution >= 0.6 is 0 Å². The molecule has 1 aliphatic rings. The highest BCUT2D eigenvalue weighted by Gasteiger charge is 2.19. The fourth-order valence-corrected chi connectivity index (χ4v) is 2.76. The lowest BCUT2D eigenvalue weighted by Gasteiger charge is -2.25. The van der Waals surface area contributed by atoms with Crippen molar-refractivity contribution in [1.82, 2.24) is 5.32 Å². The summed E-state index contributed by atoms with van der Waals surface area (Å²) >= 11 is 0. The first kappa shape index (κ1) is 15.7. The number of nitrogens with zero attached hydrogens (tertiary/aromatic N) is 1. The van der Waals surface area contributed by atoms with Gasteiger partial charge in [-0.25, -0.2) is 4.39 Å². The molecular weight excluding hydrogens is 273 g/mol. The maximum atomic E-state index is 13.3. The number of rotatable bonds is 5. The highest BCUT2D eigenvalue weighted by Crippen LogP contribution is 2.23. The van der Waals surface area contributed by atoms with Crippen LogP contribution in [-0.2, 0) is 6.54 Å². The van der Waals surface area contributed by atoms with Gasteiger partial charge in [0.05, 0.1) is 6.10 Å². The molecular formula is C15H22FN3O2. The lowest BCUT2D eigenvalue weighted by molar-refractivity contribution is 0.108. The Balaban J connectivity index is 1.91. The number of halogens is 1. The molecule has 0 aliphatic heterocycles. The molecule has 0 saturated heterocycles.